The Labute approximate surface area is 332 Å². The molecule has 4 N–H and O–H groups in total. The second-order valence-electron chi connectivity index (χ2n) is 15.6. The predicted molar refractivity (Wildman–Crippen MR) is 207 cm³/mol. The molecule has 15 nitrogen and oxygen atoms in total. The lowest BCUT2D eigenvalue weighted by Gasteiger charge is -2.29. The molecule has 1 aromatic carbocycles. The minimum atomic E-state index is -0.710. The molecular weight excluding hydrogens is 729 g/mol. The van der Waals surface area contributed by atoms with Crippen LogP contribution in [0.5, 0.6) is 0 Å². The van der Waals surface area contributed by atoms with Crippen molar-refractivity contribution in [3.8, 4) is 23.7 Å². The van der Waals surface area contributed by atoms with Crippen LogP contribution in [-0.2, 0) is 23.8 Å². The molecule has 4 aliphatic heterocycles. The van der Waals surface area contributed by atoms with E-state index in [1.54, 1.807) is 22.2 Å². The molecule has 300 valence electrons. The molecule has 6 atom stereocenters. The molecule has 3 aromatic rings. The van der Waals surface area contributed by atoms with E-state index in [9.17, 15) is 19.2 Å². The largest absolute Gasteiger partial charge is 0.453 e. The van der Waals surface area contributed by atoms with Gasteiger partial charge in [-0.15, -0.1) is 0 Å². The first-order valence-electron chi connectivity index (χ1n) is 19.7. The van der Waals surface area contributed by atoms with Crippen LogP contribution in [0.15, 0.2) is 24.5 Å². The third-order valence-corrected chi connectivity index (χ3v) is 11.3. The van der Waals surface area contributed by atoms with Crippen LogP contribution in [0.25, 0.3) is 0 Å². The summed E-state index contributed by atoms with van der Waals surface area (Å²) in [5, 5.41) is 5.37. The molecule has 6 heterocycles. The van der Waals surface area contributed by atoms with Gasteiger partial charge in [-0.2, -0.15) is 0 Å². The normalized spacial score (nSPS) is 21.7. The van der Waals surface area contributed by atoms with Gasteiger partial charge in [0.2, 0.25) is 11.8 Å². The lowest BCUT2D eigenvalue weighted by atomic mass is 9.85. The second-order valence-corrected chi connectivity index (χ2v) is 15.6. The van der Waals surface area contributed by atoms with Crippen molar-refractivity contribution < 1.29 is 33.4 Å². The smallest absolute Gasteiger partial charge is 0.407 e. The summed E-state index contributed by atoms with van der Waals surface area (Å²) >= 11 is 0. The number of imidazole rings is 2. The highest BCUT2D eigenvalue weighted by Crippen LogP contribution is 2.52. The van der Waals surface area contributed by atoms with Crippen molar-refractivity contribution in [2.75, 3.05) is 27.3 Å². The van der Waals surface area contributed by atoms with Crippen LogP contribution < -0.4 is 10.6 Å². The summed E-state index contributed by atoms with van der Waals surface area (Å²) in [6.07, 6.45) is 6.99. The molecule has 3 saturated heterocycles. The fraction of sp³-hybridized carbons (Fsp3) is 0.524. The molecule has 3 fully saturated rings. The number of hydrogen-bond donors (Lipinski definition) is 4. The Bertz CT molecular complexity index is 2000. The Morgan fingerprint density at radius 1 is 0.702 bits per heavy atom. The monoisotopic (exact) mass is 778 g/mol. The van der Waals surface area contributed by atoms with Gasteiger partial charge in [-0.25, -0.2) is 19.6 Å². The molecule has 7 rings (SSSR count). The maximum Gasteiger partial charge on any atom is 0.407 e. The maximum atomic E-state index is 13.6. The first-order valence-corrected chi connectivity index (χ1v) is 19.7. The van der Waals surface area contributed by atoms with E-state index in [0.29, 0.717) is 36.1 Å². The number of benzene rings is 1. The van der Waals surface area contributed by atoms with Gasteiger partial charge >= 0.3 is 12.2 Å². The summed E-state index contributed by atoms with van der Waals surface area (Å²) in [4.78, 5) is 70.5. The first kappa shape index (κ1) is 39.4. The van der Waals surface area contributed by atoms with Crippen LogP contribution in [0.2, 0.25) is 0 Å². The van der Waals surface area contributed by atoms with Crippen molar-refractivity contribution in [2.24, 2.45) is 11.8 Å². The van der Waals surface area contributed by atoms with Gasteiger partial charge in [-0.05, 0) is 74.3 Å². The van der Waals surface area contributed by atoms with Gasteiger partial charge in [-0.1, -0.05) is 39.5 Å². The number of likely N-dealkylation sites (tertiary alicyclic amines) is 2. The highest BCUT2D eigenvalue weighted by atomic mass is 16.5. The van der Waals surface area contributed by atoms with Crippen LogP contribution in [0.1, 0.15) is 136 Å². The zero-order valence-electron chi connectivity index (χ0n) is 33.2. The number of aromatic amines is 2. The van der Waals surface area contributed by atoms with Crippen LogP contribution in [0, 0.1) is 35.5 Å². The number of H-pyrrole nitrogens is 2. The minimum Gasteiger partial charge on any atom is -0.453 e. The highest BCUT2D eigenvalue weighted by molar-refractivity contribution is 5.87. The molecule has 2 unspecified atom stereocenters. The number of rotatable bonds is 8. The van der Waals surface area contributed by atoms with E-state index >= 15 is 0 Å². The second kappa shape index (κ2) is 16.7. The number of carbonyl (C=O) groups excluding carboxylic acids is 4. The Kier molecular flexibility index (Phi) is 11.6. The number of nitrogens with zero attached hydrogens (tertiary/aromatic N) is 4. The molecule has 4 aliphatic rings. The SMILES string of the molecule is COC(=O)N[C@H](C(=O)N1CCC[C@H]1c1ncc(C#Cc2ccc(C#Cc3cnc([C@@H]4CCCN4C(=O)[C@@H](NC(=O)OC)C(C)C)[nH]3)c3c2C2CCC3O2)[nH]1)C(C)C. The van der Waals surface area contributed by atoms with E-state index in [1.807, 2.05) is 39.8 Å². The van der Waals surface area contributed by atoms with Crippen molar-refractivity contribution in [3.63, 3.8) is 0 Å². The zero-order chi connectivity index (χ0) is 40.4. The number of carbonyl (C=O) groups is 4. The lowest BCUT2D eigenvalue weighted by molar-refractivity contribution is -0.136. The number of fused-ring (bicyclic) bond motifs is 5. The molecule has 4 amide bonds. The van der Waals surface area contributed by atoms with Gasteiger partial charge in [-0.3, -0.25) is 9.59 Å². The average molecular weight is 779 g/mol. The van der Waals surface area contributed by atoms with Crippen LogP contribution in [0.3, 0.4) is 0 Å². The van der Waals surface area contributed by atoms with E-state index in [2.05, 4.69) is 54.3 Å². The van der Waals surface area contributed by atoms with E-state index in [0.717, 1.165) is 60.8 Å². The number of aromatic nitrogens is 4. The van der Waals surface area contributed by atoms with Crippen LogP contribution in [-0.4, -0.2) is 93.1 Å². The maximum absolute atomic E-state index is 13.6. The summed E-state index contributed by atoms with van der Waals surface area (Å²) in [7, 11) is 2.56. The number of methoxy groups -OCH3 is 2. The topological polar surface area (TPSA) is 184 Å². The van der Waals surface area contributed by atoms with Gasteiger partial charge < -0.3 is 44.6 Å². The van der Waals surface area contributed by atoms with Crippen molar-refractivity contribution in [1.29, 1.82) is 0 Å². The molecule has 57 heavy (non-hydrogen) atoms. The minimum absolute atomic E-state index is 0.0491. The third-order valence-electron chi connectivity index (χ3n) is 11.3. The highest BCUT2D eigenvalue weighted by Gasteiger charge is 2.42. The number of nitrogens with one attached hydrogen (secondary N) is 4. The summed E-state index contributed by atoms with van der Waals surface area (Å²) < 4.78 is 15.9. The van der Waals surface area contributed by atoms with Crippen molar-refractivity contribution in [3.05, 3.63) is 69.8 Å². The fourth-order valence-corrected chi connectivity index (χ4v) is 8.40. The first-order chi connectivity index (χ1) is 27.5. The number of amides is 4. The molecular formula is C42H50N8O7. The molecule has 0 radical (unpaired) electrons. The van der Waals surface area contributed by atoms with Gasteiger partial charge in [0, 0.05) is 35.3 Å². The quantitative estimate of drug-likeness (QED) is 0.231. The van der Waals surface area contributed by atoms with Crippen LogP contribution >= 0.6 is 0 Å². The van der Waals surface area contributed by atoms with E-state index in [-0.39, 0.29) is 47.9 Å². The van der Waals surface area contributed by atoms with E-state index in [1.165, 1.54) is 14.2 Å². The molecule has 0 saturated carbocycles. The van der Waals surface area contributed by atoms with Crippen molar-refractivity contribution >= 4 is 24.0 Å². The molecule has 2 bridgehead atoms. The summed E-state index contributed by atoms with van der Waals surface area (Å²) in [6.45, 7) is 8.69. The van der Waals surface area contributed by atoms with Gasteiger partial charge in [0.15, 0.2) is 0 Å². The number of hydrogen-bond acceptors (Lipinski definition) is 9. The Morgan fingerprint density at radius 3 is 1.51 bits per heavy atom. The van der Waals surface area contributed by atoms with Crippen molar-refractivity contribution in [1.82, 2.24) is 40.4 Å². The molecule has 0 aliphatic carbocycles. The van der Waals surface area contributed by atoms with E-state index < -0.39 is 24.3 Å². The number of alkyl carbamates (subject to hydrolysis) is 2. The van der Waals surface area contributed by atoms with Gasteiger partial charge in [0.25, 0.3) is 0 Å². The van der Waals surface area contributed by atoms with Gasteiger partial charge in [0.05, 0.1) is 50.9 Å². The third kappa shape index (κ3) is 8.07. The Balaban J connectivity index is 1.07. The summed E-state index contributed by atoms with van der Waals surface area (Å²) in [6, 6.07) is 2.05. The van der Waals surface area contributed by atoms with Crippen molar-refractivity contribution in [2.45, 2.75) is 103 Å². The fourth-order valence-electron chi connectivity index (χ4n) is 8.40. The molecule has 15 heteroatoms. The lowest BCUT2D eigenvalue weighted by Crippen LogP contribution is -2.51. The molecule has 2 aromatic heterocycles. The Hall–Kier alpha value is -5.80. The average Bonchev–Trinajstić information content (AvgIpc) is 4.06. The zero-order valence-corrected chi connectivity index (χ0v) is 33.2. The summed E-state index contributed by atoms with van der Waals surface area (Å²) in [5.74, 6) is 14.0. The van der Waals surface area contributed by atoms with Gasteiger partial charge in [0.1, 0.15) is 35.1 Å². The summed E-state index contributed by atoms with van der Waals surface area (Å²) in [5.41, 5.74) is 5.16. The Morgan fingerprint density at radius 2 is 1.12 bits per heavy atom. The van der Waals surface area contributed by atoms with E-state index in [4.69, 9.17) is 14.2 Å². The van der Waals surface area contributed by atoms with Crippen LogP contribution in [0.4, 0.5) is 9.59 Å². The standard InChI is InChI=1S/C42H50N8O7/c1-23(2)35(47-41(53)55-5)39(51)49-19-7-9-29(49)37-43-21-27(45-37)15-13-25-11-12-26(34-32-18-17-31(57-32)33(25)34)14-16-28-22-44-38(46-28)30-10-8-20-50(30)40(52)36(24(3)4)48-42(54)56-6/h11-12,21-24,29-32,35-36H,7-10,17-20H2,1-6H3,(H,43,45)(H,44,46)(H,47,53)(H,48,54)/t29-,30-,31?,32?,35-,36-/m0/s1. The predicted octanol–water partition coefficient (Wildman–Crippen LogP) is 4.93. The number of ether oxygens (including phenoxy) is 3. The molecule has 0 spiro atoms.